The summed E-state index contributed by atoms with van der Waals surface area (Å²) in [7, 11) is 0. The molecule has 2 fully saturated rings. The third-order valence-electron chi connectivity index (χ3n) is 7.37. The summed E-state index contributed by atoms with van der Waals surface area (Å²) in [5.74, 6) is -1.17. The number of aromatic nitrogens is 1. The van der Waals surface area contributed by atoms with Crippen molar-refractivity contribution in [1.29, 1.82) is 0 Å². The number of nitrogens with zero attached hydrogens (tertiary/aromatic N) is 3. The highest BCUT2D eigenvalue weighted by Gasteiger charge is 2.28. The molecule has 0 radical (unpaired) electrons. The molecule has 36 heavy (non-hydrogen) atoms. The molecule has 2 N–H and O–H groups in total. The molecule has 1 aromatic heterocycles. The Kier molecular flexibility index (Phi) is 7.56. The van der Waals surface area contributed by atoms with E-state index in [4.69, 9.17) is 0 Å². The molecule has 2 aromatic rings. The first kappa shape index (κ1) is 24.4. The van der Waals surface area contributed by atoms with Crippen molar-refractivity contribution in [2.75, 3.05) is 37.6 Å². The molecular formula is C29H36N4O3. The van der Waals surface area contributed by atoms with Crippen LogP contribution in [0.1, 0.15) is 71.7 Å². The van der Waals surface area contributed by atoms with E-state index in [0.29, 0.717) is 5.56 Å². The fourth-order valence-corrected chi connectivity index (χ4v) is 5.21. The van der Waals surface area contributed by atoms with Gasteiger partial charge in [0, 0.05) is 62.8 Å². The Morgan fingerprint density at radius 2 is 1.78 bits per heavy atom. The highest BCUT2D eigenvalue weighted by molar-refractivity contribution is 5.88. The van der Waals surface area contributed by atoms with Crippen molar-refractivity contribution in [2.45, 2.75) is 51.1 Å². The quantitative estimate of drug-likeness (QED) is 0.652. The van der Waals surface area contributed by atoms with Crippen molar-refractivity contribution in [2.24, 2.45) is 0 Å². The van der Waals surface area contributed by atoms with Crippen LogP contribution in [0.3, 0.4) is 0 Å². The SMILES string of the molecule is O=C(O)c1cn(C2CC2)c2c(c1=O)/C=C\CCN(Cc1ccc(N3CCCCC3)cc1)CCN/C=C/2. The van der Waals surface area contributed by atoms with Gasteiger partial charge in [-0.25, -0.2) is 4.79 Å². The molecule has 1 aromatic carbocycles. The second-order valence-corrected chi connectivity index (χ2v) is 10.1. The van der Waals surface area contributed by atoms with E-state index in [0.717, 1.165) is 64.2 Å². The second kappa shape index (κ2) is 11.2. The van der Waals surface area contributed by atoms with Gasteiger partial charge < -0.3 is 19.9 Å². The number of pyridine rings is 1. The van der Waals surface area contributed by atoms with Crippen molar-refractivity contribution in [3.63, 3.8) is 0 Å². The zero-order valence-electron chi connectivity index (χ0n) is 20.9. The third-order valence-corrected chi connectivity index (χ3v) is 7.37. The molecule has 0 spiro atoms. The molecule has 0 unspecified atom stereocenters. The van der Waals surface area contributed by atoms with Crippen LogP contribution in [0.15, 0.2) is 47.5 Å². The van der Waals surface area contributed by atoms with E-state index in [1.54, 1.807) is 0 Å². The molecular weight excluding hydrogens is 452 g/mol. The van der Waals surface area contributed by atoms with Crippen molar-refractivity contribution in [3.8, 4) is 0 Å². The Hall–Kier alpha value is -3.32. The van der Waals surface area contributed by atoms with Crippen molar-refractivity contribution in [3.05, 3.63) is 75.3 Å². The van der Waals surface area contributed by atoms with E-state index >= 15 is 0 Å². The van der Waals surface area contributed by atoms with E-state index < -0.39 is 11.4 Å². The molecule has 3 heterocycles. The topological polar surface area (TPSA) is 77.8 Å². The fraction of sp³-hybridized carbons (Fsp3) is 0.448. The Morgan fingerprint density at radius 3 is 2.50 bits per heavy atom. The van der Waals surface area contributed by atoms with E-state index in [1.165, 1.54) is 36.7 Å². The summed E-state index contributed by atoms with van der Waals surface area (Å²) in [6.45, 7) is 5.74. The van der Waals surface area contributed by atoms with Gasteiger partial charge in [-0.3, -0.25) is 9.69 Å². The van der Waals surface area contributed by atoms with Gasteiger partial charge in [-0.15, -0.1) is 0 Å². The molecule has 0 atom stereocenters. The molecule has 5 rings (SSSR count). The molecule has 1 saturated heterocycles. The Balaban J connectivity index is 1.31. The first-order valence-electron chi connectivity index (χ1n) is 13.3. The molecule has 190 valence electrons. The van der Waals surface area contributed by atoms with Crippen LogP contribution in [-0.4, -0.2) is 53.3 Å². The van der Waals surface area contributed by atoms with E-state index in [1.807, 2.05) is 29.0 Å². The van der Waals surface area contributed by atoms with Crippen LogP contribution < -0.4 is 15.6 Å². The molecule has 7 nitrogen and oxygen atoms in total. The summed E-state index contributed by atoms with van der Waals surface area (Å²) >= 11 is 0. The number of nitrogens with one attached hydrogen (secondary N) is 1. The third kappa shape index (κ3) is 5.73. The summed E-state index contributed by atoms with van der Waals surface area (Å²) in [6.07, 6.45) is 15.8. The number of carboxylic acids is 1. The van der Waals surface area contributed by atoms with Gasteiger partial charge in [0.1, 0.15) is 5.56 Å². The standard InChI is InChI=1S/C29H36N4O3/c34-28-25-6-2-5-16-31(20-22-7-9-23(10-8-22)32-17-3-1-4-18-32)19-15-30-14-13-27(25)33(24-11-12-24)21-26(28)29(35)36/h2,6-10,13-14,21,24,30H,1,3-5,11-12,15-20H2,(H,35,36)/b6-2-,14-13+. The van der Waals surface area contributed by atoms with Crippen molar-refractivity contribution >= 4 is 23.8 Å². The second-order valence-electron chi connectivity index (χ2n) is 10.1. The Labute approximate surface area is 212 Å². The Morgan fingerprint density at radius 1 is 1.00 bits per heavy atom. The summed E-state index contributed by atoms with van der Waals surface area (Å²) in [5, 5.41) is 13.0. The maximum Gasteiger partial charge on any atom is 0.341 e. The summed E-state index contributed by atoms with van der Waals surface area (Å²) in [5.41, 5.74) is 3.28. The average molecular weight is 489 g/mol. The monoisotopic (exact) mass is 488 g/mol. The van der Waals surface area contributed by atoms with Gasteiger partial charge in [-0.2, -0.15) is 0 Å². The maximum absolute atomic E-state index is 13.0. The lowest BCUT2D eigenvalue weighted by molar-refractivity contribution is 0.0694. The first-order valence-corrected chi connectivity index (χ1v) is 13.3. The van der Waals surface area contributed by atoms with Crippen LogP contribution in [0.2, 0.25) is 0 Å². The lowest BCUT2D eigenvalue weighted by Crippen LogP contribution is -2.31. The van der Waals surface area contributed by atoms with Gasteiger partial charge in [-0.1, -0.05) is 24.3 Å². The number of aromatic carboxylic acids is 1. The highest BCUT2D eigenvalue weighted by atomic mass is 16.4. The van der Waals surface area contributed by atoms with Gasteiger partial charge in [0.05, 0.1) is 5.69 Å². The lowest BCUT2D eigenvalue weighted by Gasteiger charge is -2.29. The van der Waals surface area contributed by atoms with Gasteiger partial charge in [0.15, 0.2) is 0 Å². The number of hydrogen-bond donors (Lipinski definition) is 2. The average Bonchev–Trinajstić information content (AvgIpc) is 3.72. The van der Waals surface area contributed by atoms with Crippen LogP contribution in [-0.2, 0) is 6.54 Å². The maximum atomic E-state index is 13.0. The van der Waals surface area contributed by atoms with E-state index in [2.05, 4.69) is 39.4 Å². The molecule has 7 heteroatoms. The molecule has 1 saturated carbocycles. The van der Waals surface area contributed by atoms with E-state index in [-0.39, 0.29) is 11.6 Å². The smallest absolute Gasteiger partial charge is 0.341 e. The van der Waals surface area contributed by atoms with Crippen molar-refractivity contribution < 1.29 is 9.90 Å². The number of benzene rings is 1. The lowest BCUT2D eigenvalue weighted by atomic mass is 10.1. The predicted octanol–water partition coefficient (Wildman–Crippen LogP) is 4.35. The first-order chi connectivity index (χ1) is 17.6. The van der Waals surface area contributed by atoms with Gasteiger partial charge in [0.2, 0.25) is 5.43 Å². The largest absolute Gasteiger partial charge is 0.477 e. The van der Waals surface area contributed by atoms with Gasteiger partial charge in [0.25, 0.3) is 0 Å². The zero-order valence-corrected chi connectivity index (χ0v) is 20.9. The molecule has 2 aliphatic heterocycles. The molecule has 1 aliphatic carbocycles. The van der Waals surface area contributed by atoms with Crippen LogP contribution in [0, 0.1) is 0 Å². The molecule has 3 aliphatic rings. The molecule has 0 bridgehead atoms. The number of hydrogen-bond acceptors (Lipinski definition) is 5. The number of fused-ring (bicyclic) bond motifs is 1. The van der Waals surface area contributed by atoms with Crippen molar-refractivity contribution in [1.82, 2.24) is 14.8 Å². The predicted molar refractivity (Wildman–Crippen MR) is 144 cm³/mol. The fourth-order valence-electron chi connectivity index (χ4n) is 5.21. The normalized spacial score (nSPS) is 20.9. The Bertz CT molecular complexity index is 1190. The molecule has 0 amide bonds. The number of carbonyl (C=O) groups is 1. The minimum Gasteiger partial charge on any atom is -0.477 e. The van der Waals surface area contributed by atoms with Crippen LogP contribution in [0.5, 0.6) is 0 Å². The summed E-state index contributed by atoms with van der Waals surface area (Å²) in [4.78, 5) is 29.6. The number of rotatable bonds is 5. The van der Waals surface area contributed by atoms with Crippen LogP contribution >= 0.6 is 0 Å². The minimum atomic E-state index is -1.17. The number of carboxylic acid groups (broad SMARTS) is 1. The van der Waals surface area contributed by atoms with Crippen LogP contribution in [0.25, 0.3) is 12.2 Å². The van der Waals surface area contributed by atoms with Gasteiger partial charge >= 0.3 is 5.97 Å². The highest BCUT2D eigenvalue weighted by Crippen LogP contribution is 2.36. The van der Waals surface area contributed by atoms with E-state index in [9.17, 15) is 14.7 Å². The van der Waals surface area contributed by atoms with Crippen LogP contribution in [0.4, 0.5) is 5.69 Å². The zero-order chi connectivity index (χ0) is 24.9. The summed E-state index contributed by atoms with van der Waals surface area (Å²) in [6, 6.07) is 9.25. The number of anilines is 1. The minimum absolute atomic E-state index is 0.159. The number of piperidine rings is 1. The van der Waals surface area contributed by atoms with Gasteiger partial charge in [-0.05, 0) is 68.5 Å². The summed E-state index contributed by atoms with van der Waals surface area (Å²) < 4.78 is 1.97.